The molecule has 0 aromatic carbocycles. The molecule has 0 unspecified atom stereocenters. The van der Waals surface area contributed by atoms with Gasteiger partial charge in [-0.05, 0) is 19.8 Å². The normalized spacial score (nSPS) is 14.7. The van der Waals surface area contributed by atoms with Gasteiger partial charge in [-0.25, -0.2) is 4.98 Å². The summed E-state index contributed by atoms with van der Waals surface area (Å²) in [5, 5.41) is 6.96. The zero-order valence-electron chi connectivity index (χ0n) is 10.1. The topological polar surface area (TPSA) is 83.8 Å². The van der Waals surface area contributed by atoms with Crippen LogP contribution in [0.25, 0.3) is 0 Å². The summed E-state index contributed by atoms with van der Waals surface area (Å²) in [5.41, 5.74) is 0.674. The molecule has 2 aromatic heterocycles. The van der Waals surface area contributed by atoms with Gasteiger partial charge in [-0.15, -0.1) is 0 Å². The Labute approximate surface area is 103 Å². The van der Waals surface area contributed by atoms with Crippen molar-refractivity contribution in [3.8, 4) is 0 Å². The standard InChI is InChI=1S/C12H14N4O2/c1-7-4-9(16-18-7)6-13-10-5-11(17)15-12(14-10)8-2-3-8/h4-5,8H,2-3,6H2,1H3,(H2,13,14,15,17). The highest BCUT2D eigenvalue weighted by atomic mass is 16.5. The fourth-order valence-electron chi connectivity index (χ4n) is 1.80. The Hall–Kier alpha value is -2.11. The maximum absolute atomic E-state index is 11.5. The minimum atomic E-state index is -0.120. The second-order valence-electron chi connectivity index (χ2n) is 4.57. The molecular formula is C12H14N4O2. The van der Waals surface area contributed by atoms with Crippen molar-refractivity contribution in [2.24, 2.45) is 0 Å². The third-order valence-electron chi connectivity index (χ3n) is 2.85. The van der Waals surface area contributed by atoms with Crippen molar-refractivity contribution in [2.75, 3.05) is 5.32 Å². The Balaban J connectivity index is 1.73. The smallest absolute Gasteiger partial charge is 0.252 e. The fraction of sp³-hybridized carbons (Fsp3) is 0.417. The summed E-state index contributed by atoms with van der Waals surface area (Å²) in [6.45, 7) is 2.34. The van der Waals surface area contributed by atoms with Gasteiger partial charge in [0.1, 0.15) is 23.1 Å². The van der Waals surface area contributed by atoms with Crippen LogP contribution in [-0.4, -0.2) is 15.1 Å². The van der Waals surface area contributed by atoms with Crippen LogP contribution in [0.2, 0.25) is 0 Å². The molecule has 1 aliphatic carbocycles. The molecule has 0 saturated heterocycles. The molecule has 6 nitrogen and oxygen atoms in total. The van der Waals surface area contributed by atoms with E-state index in [2.05, 4.69) is 20.4 Å². The summed E-state index contributed by atoms with van der Waals surface area (Å²) in [4.78, 5) is 18.7. The summed E-state index contributed by atoms with van der Waals surface area (Å²) in [6.07, 6.45) is 2.21. The molecule has 0 aliphatic heterocycles. The molecule has 0 amide bonds. The number of anilines is 1. The van der Waals surface area contributed by atoms with Gasteiger partial charge in [-0.1, -0.05) is 5.16 Å². The average molecular weight is 246 g/mol. The molecule has 0 atom stereocenters. The van der Waals surface area contributed by atoms with Crippen LogP contribution in [0.1, 0.15) is 36.0 Å². The number of aromatic amines is 1. The summed E-state index contributed by atoms with van der Waals surface area (Å²) in [5.74, 6) is 2.56. The van der Waals surface area contributed by atoms with E-state index in [1.807, 2.05) is 13.0 Å². The van der Waals surface area contributed by atoms with E-state index in [0.29, 0.717) is 18.3 Å². The lowest BCUT2D eigenvalue weighted by Crippen LogP contribution is -2.13. The van der Waals surface area contributed by atoms with E-state index >= 15 is 0 Å². The van der Waals surface area contributed by atoms with Crippen LogP contribution in [0.4, 0.5) is 5.82 Å². The van der Waals surface area contributed by atoms with Gasteiger partial charge in [0.25, 0.3) is 5.56 Å². The Kier molecular flexibility index (Phi) is 2.62. The van der Waals surface area contributed by atoms with Crippen molar-refractivity contribution in [1.29, 1.82) is 0 Å². The third kappa shape index (κ3) is 2.42. The van der Waals surface area contributed by atoms with Gasteiger partial charge in [0.15, 0.2) is 0 Å². The number of nitrogens with one attached hydrogen (secondary N) is 2. The second-order valence-corrected chi connectivity index (χ2v) is 4.57. The zero-order chi connectivity index (χ0) is 12.5. The number of rotatable bonds is 4. The molecule has 18 heavy (non-hydrogen) atoms. The largest absolute Gasteiger partial charge is 0.364 e. The Morgan fingerprint density at radius 2 is 2.33 bits per heavy atom. The van der Waals surface area contributed by atoms with E-state index in [1.165, 1.54) is 6.07 Å². The van der Waals surface area contributed by atoms with Crippen LogP contribution >= 0.6 is 0 Å². The highest BCUT2D eigenvalue weighted by molar-refractivity contribution is 5.34. The van der Waals surface area contributed by atoms with Crippen molar-refractivity contribution in [3.63, 3.8) is 0 Å². The Bertz CT molecular complexity index is 613. The highest BCUT2D eigenvalue weighted by Gasteiger charge is 2.26. The molecule has 0 radical (unpaired) electrons. The van der Waals surface area contributed by atoms with Crippen LogP contribution in [-0.2, 0) is 6.54 Å². The van der Waals surface area contributed by atoms with Crippen molar-refractivity contribution < 1.29 is 4.52 Å². The molecule has 6 heteroatoms. The first-order valence-electron chi connectivity index (χ1n) is 5.98. The molecule has 0 spiro atoms. The van der Waals surface area contributed by atoms with E-state index in [9.17, 15) is 4.79 Å². The van der Waals surface area contributed by atoms with E-state index in [0.717, 1.165) is 30.1 Å². The maximum atomic E-state index is 11.5. The Morgan fingerprint density at radius 1 is 1.50 bits per heavy atom. The van der Waals surface area contributed by atoms with Crippen LogP contribution in [0.5, 0.6) is 0 Å². The summed E-state index contributed by atoms with van der Waals surface area (Å²) < 4.78 is 4.97. The minimum absolute atomic E-state index is 0.120. The van der Waals surface area contributed by atoms with Gasteiger partial charge in [-0.3, -0.25) is 4.79 Å². The van der Waals surface area contributed by atoms with Gasteiger partial charge in [0.2, 0.25) is 0 Å². The van der Waals surface area contributed by atoms with Gasteiger partial charge >= 0.3 is 0 Å². The first-order valence-corrected chi connectivity index (χ1v) is 5.98. The molecule has 94 valence electrons. The molecule has 2 aromatic rings. The highest BCUT2D eigenvalue weighted by Crippen LogP contribution is 2.37. The number of aromatic nitrogens is 3. The SMILES string of the molecule is Cc1cc(CNc2cc(=O)[nH]c(C3CC3)n2)no1. The van der Waals surface area contributed by atoms with Crippen molar-refractivity contribution in [3.05, 3.63) is 39.8 Å². The quantitative estimate of drug-likeness (QED) is 0.855. The predicted octanol–water partition coefficient (Wildman–Crippen LogP) is 1.56. The third-order valence-corrected chi connectivity index (χ3v) is 2.85. The van der Waals surface area contributed by atoms with E-state index in [-0.39, 0.29) is 5.56 Å². The summed E-state index contributed by atoms with van der Waals surface area (Å²) >= 11 is 0. The van der Waals surface area contributed by atoms with Crippen molar-refractivity contribution >= 4 is 5.82 Å². The first kappa shape index (κ1) is 11.0. The van der Waals surface area contributed by atoms with Gasteiger partial charge < -0.3 is 14.8 Å². The monoisotopic (exact) mass is 246 g/mol. The predicted molar refractivity (Wildman–Crippen MR) is 65.4 cm³/mol. The molecule has 2 heterocycles. The number of nitrogens with zero attached hydrogens (tertiary/aromatic N) is 2. The molecule has 3 rings (SSSR count). The number of hydrogen-bond donors (Lipinski definition) is 2. The Morgan fingerprint density at radius 3 is 3.00 bits per heavy atom. The van der Waals surface area contributed by atoms with Crippen LogP contribution < -0.4 is 10.9 Å². The number of aryl methyl sites for hydroxylation is 1. The van der Waals surface area contributed by atoms with Crippen molar-refractivity contribution in [2.45, 2.75) is 32.2 Å². The van der Waals surface area contributed by atoms with Gasteiger partial charge in [-0.2, -0.15) is 0 Å². The van der Waals surface area contributed by atoms with Crippen molar-refractivity contribution in [1.82, 2.24) is 15.1 Å². The molecular weight excluding hydrogens is 232 g/mol. The first-order chi connectivity index (χ1) is 8.70. The second kappa shape index (κ2) is 4.29. The zero-order valence-corrected chi connectivity index (χ0v) is 10.1. The summed E-state index contributed by atoms with van der Waals surface area (Å²) in [7, 11) is 0. The molecule has 2 N–H and O–H groups in total. The van der Waals surface area contributed by atoms with E-state index in [1.54, 1.807) is 0 Å². The minimum Gasteiger partial charge on any atom is -0.364 e. The molecule has 1 aliphatic rings. The lowest BCUT2D eigenvalue weighted by atomic mass is 10.3. The maximum Gasteiger partial charge on any atom is 0.252 e. The van der Waals surface area contributed by atoms with E-state index < -0.39 is 0 Å². The molecule has 0 bridgehead atoms. The average Bonchev–Trinajstić information content (AvgIpc) is 3.10. The lowest BCUT2D eigenvalue weighted by Gasteiger charge is -2.04. The number of hydrogen-bond acceptors (Lipinski definition) is 5. The van der Waals surface area contributed by atoms with Gasteiger partial charge in [0, 0.05) is 18.1 Å². The van der Waals surface area contributed by atoms with Gasteiger partial charge in [0.05, 0.1) is 6.54 Å². The van der Waals surface area contributed by atoms with Crippen LogP contribution in [0, 0.1) is 6.92 Å². The molecule has 1 saturated carbocycles. The molecule has 1 fully saturated rings. The summed E-state index contributed by atoms with van der Waals surface area (Å²) in [6, 6.07) is 3.31. The fourth-order valence-corrected chi connectivity index (χ4v) is 1.80. The van der Waals surface area contributed by atoms with Crippen LogP contribution in [0.15, 0.2) is 21.5 Å². The lowest BCUT2D eigenvalue weighted by molar-refractivity contribution is 0.391. The van der Waals surface area contributed by atoms with E-state index in [4.69, 9.17) is 4.52 Å². The number of H-pyrrole nitrogens is 1. The van der Waals surface area contributed by atoms with Crippen LogP contribution in [0.3, 0.4) is 0 Å².